The molecule has 1 aromatic carbocycles. The van der Waals surface area contributed by atoms with Crippen molar-refractivity contribution < 1.29 is 9.84 Å². The number of ether oxygens (including phenoxy) is 1. The van der Waals surface area contributed by atoms with Gasteiger partial charge in [-0.1, -0.05) is 30.3 Å². The second-order valence-corrected chi connectivity index (χ2v) is 6.08. The molecule has 2 aliphatic rings. The summed E-state index contributed by atoms with van der Waals surface area (Å²) in [4.78, 5) is 2.50. The Labute approximate surface area is 115 Å². The van der Waals surface area contributed by atoms with Crippen molar-refractivity contribution in [3.05, 3.63) is 35.9 Å². The minimum Gasteiger partial charge on any atom is -0.396 e. The van der Waals surface area contributed by atoms with Crippen LogP contribution >= 0.6 is 0 Å². The van der Waals surface area contributed by atoms with Crippen LogP contribution in [0, 0.1) is 5.41 Å². The van der Waals surface area contributed by atoms with E-state index in [0.29, 0.717) is 12.7 Å². The largest absolute Gasteiger partial charge is 0.396 e. The number of hydrogen-bond donors (Lipinski definition) is 1. The van der Waals surface area contributed by atoms with Gasteiger partial charge >= 0.3 is 0 Å². The Hall–Kier alpha value is -0.900. The maximum atomic E-state index is 9.72. The number of likely N-dealkylation sites (tertiary alicyclic amines) is 1. The van der Waals surface area contributed by atoms with Crippen molar-refractivity contribution in [3.63, 3.8) is 0 Å². The molecule has 1 N–H and O–H groups in total. The Kier molecular flexibility index (Phi) is 3.87. The topological polar surface area (TPSA) is 36.0 Å². The highest BCUT2D eigenvalue weighted by Crippen LogP contribution is 2.39. The Morgan fingerprint density at radius 3 is 2.47 bits per heavy atom. The van der Waals surface area contributed by atoms with Gasteiger partial charge in [0.25, 0.3) is 0 Å². The van der Waals surface area contributed by atoms with Crippen LogP contribution < -0.4 is 0 Å². The Bertz CT molecular complexity index is 394. The normalized spacial score (nSPS) is 26.3. The standard InChI is InChI=1S/C16H23NO2/c18-13-16(10-15-12-19-15)6-8-17(9-7-16)11-14-4-2-1-3-5-14/h1-5,15,18H,6-13H2. The second kappa shape index (κ2) is 5.61. The summed E-state index contributed by atoms with van der Waals surface area (Å²) < 4.78 is 5.34. The van der Waals surface area contributed by atoms with E-state index in [1.165, 1.54) is 5.56 Å². The number of piperidine rings is 1. The zero-order valence-electron chi connectivity index (χ0n) is 11.4. The molecule has 0 radical (unpaired) electrons. The van der Waals surface area contributed by atoms with E-state index in [2.05, 4.69) is 35.2 Å². The van der Waals surface area contributed by atoms with E-state index in [9.17, 15) is 5.11 Å². The van der Waals surface area contributed by atoms with Gasteiger partial charge in [-0.25, -0.2) is 0 Å². The summed E-state index contributed by atoms with van der Waals surface area (Å²) >= 11 is 0. The molecule has 2 heterocycles. The molecule has 1 unspecified atom stereocenters. The predicted octanol–water partition coefficient (Wildman–Crippen LogP) is 2.05. The number of benzene rings is 1. The van der Waals surface area contributed by atoms with Crippen molar-refractivity contribution in [1.82, 2.24) is 4.90 Å². The van der Waals surface area contributed by atoms with Crippen LogP contribution in [-0.4, -0.2) is 42.4 Å². The highest BCUT2D eigenvalue weighted by molar-refractivity contribution is 5.14. The molecule has 0 spiro atoms. The molecule has 1 aromatic rings. The number of aliphatic hydroxyl groups is 1. The van der Waals surface area contributed by atoms with Crippen molar-refractivity contribution in [1.29, 1.82) is 0 Å². The average molecular weight is 261 g/mol. The van der Waals surface area contributed by atoms with Gasteiger partial charge in [-0.2, -0.15) is 0 Å². The summed E-state index contributed by atoms with van der Waals surface area (Å²) in [5.74, 6) is 0. The number of aliphatic hydroxyl groups excluding tert-OH is 1. The lowest BCUT2D eigenvalue weighted by molar-refractivity contribution is 0.0287. The van der Waals surface area contributed by atoms with E-state index in [-0.39, 0.29) is 5.41 Å². The van der Waals surface area contributed by atoms with E-state index >= 15 is 0 Å². The molecule has 0 aromatic heterocycles. The molecule has 0 aliphatic carbocycles. The molecule has 3 heteroatoms. The maximum absolute atomic E-state index is 9.72. The first-order valence-electron chi connectivity index (χ1n) is 7.28. The van der Waals surface area contributed by atoms with Gasteiger partial charge in [0.15, 0.2) is 0 Å². The fraction of sp³-hybridized carbons (Fsp3) is 0.625. The summed E-state index contributed by atoms with van der Waals surface area (Å²) in [6.07, 6.45) is 3.66. The van der Waals surface area contributed by atoms with E-state index in [0.717, 1.165) is 45.5 Å². The first-order chi connectivity index (χ1) is 9.30. The molecule has 0 amide bonds. The molecule has 1 atom stereocenters. The SMILES string of the molecule is OCC1(CC2CO2)CCN(Cc2ccccc2)CC1. The van der Waals surface area contributed by atoms with Gasteiger partial charge in [0.2, 0.25) is 0 Å². The van der Waals surface area contributed by atoms with E-state index < -0.39 is 0 Å². The van der Waals surface area contributed by atoms with Crippen LogP contribution in [0.25, 0.3) is 0 Å². The molecule has 2 saturated heterocycles. The maximum Gasteiger partial charge on any atom is 0.0816 e. The molecule has 104 valence electrons. The van der Waals surface area contributed by atoms with Crippen LogP contribution in [0.15, 0.2) is 30.3 Å². The van der Waals surface area contributed by atoms with E-state index in [1.807, 2.05) is 0 Å². The van der Waals surface area contributed by atoms with Crippen molar-refractivity contribution in [2.75, 3.05) is 26.3 Å². The molecule has 0 saturated carbocycles. The van der Waals surface area contributed by atoms with Gasteiger partial charge in [0.1, 0.15) is 0 Å². The highest BCUT2D eigenvalue weighted by Gasteiger charge is 2.39. The number of rotatable bonds is 5. The molecule has 3 nitrogen and oxygen atoms in total. The van der Waals surface area contributed by atoms with Gasteiger partial charge in [-0.3, -0.25) is 4.90 Å². The van der Waals surface area contributed by atoms with Gasteiger partial charge in [0.05, 0.1) is 12.7 Å². The van der Waals surface area contributed by atoms with Crippen molar-refractivity contribution in [3.8, 4) is 0 Å². The monoisotopic (exact) mass is 261 g/mol. The highest BCUT2D eigenvalue weighted by atomic mass is 16.6. The third-order valence-electron chi connectivity index (χ3n) is 4.56. The quantitative estimate of drug-likeness (QED) is 0.824. The van der Waals surface area contributed by atoms with Crippen molar-refractivity contribution >= 4 is 0 Å². The summed E-state index contributed by atoms with van der Waals surface area (Å²) in [6.45, 7) is 4.41. The molecular formula is C16H23NO2. The number of hydrogen-bond acceptors (Lipinski definition) is 3. The Balaban J connectivity index is 1.53. The van der Waals surface area contributed by atoms with Crippen LogP contribution in [-0.2, 0) is 11.3 Å². The summed E-state index contributed by atoms with van der Waals surface area (Å²) in [7, 11) is 0. The first-order valence-corrected chi connectivity index (χ1v) is 7.28. The zero-order chi connectivity index (χ0) is 13.1. The number of epoxide rings is 1. The lowest BCUT2D eigenvalue weighted by atomic mass is 9.75. The van der Waals surface area contributed by atoms with Crippen molar-refractivity contribution in [2.45, 2.75) is 31.9 Å². The molecule has 2 fully saturated rings. The summed E-state index contributed by atoms with van der Waals surface area (Å²) in [6, 6.07) is 10.6. The van der Waals surface area contributed by atoms with E-state index in [1.54, 1.807) is 0 Å². The smallest absolute Gasteiger partial charge is 0.0816 e. The second-order valence-electron chi connectivity index (χ2n) is 6.08. The molecule has 3 rings (SSSR count). The zero-order valence-corrected chi connectivity index (χ0v) is 11.4. The third-order valence-corrected chi connectivity index (χ3v) is 4.56. The fourth-order valence-electron chi connectivity index (χ4n) is 3.12. The fourth-order valence-corrected chi connectivity index (χ4v) is 3.12. The average Bonchev–Trinajstić information content (AvgIpc) is 3.26. The minimum atomic E-state index is 0.119. The van der Waals surface area contributed by atoms with Gasteiger partial charge < -0.3 is 9.84 Å². The van der Waals surface area contributed by atoms with Crippen LogP contribution in [0.1, 0.15) is 24.8 Å². The minimum absolute atomic E-state index is 0.119. The predicted molar refractivity (Wildman–Crippen MR) is 74.8 cm³/mol. The van der Waals surface area contributed by atoms with Crippen LogP contribution in [0.4, 0.5) is 0 Å². The number of nitrogens with zero attached hydrogens (tertiary/aromatic N) is 1. The Morgan fingerprint density at radius 2 is 1.89 bits per heavy atom. The van der Waals surface area contributed by atoms with Crippen LogP contribution in [0.5, 0.6) is 0 Å². The third kappa shape index (κ3) is 3.35. The Morgan fingerprint density at radius 1 is 1.21 bits per heavy atom. The van der Waals surface area contributed by atoms with Gasteiger partial charge in [-0.15, -0.1) is 0 Å². The molecular weight excluding hydrogens is 238 g/mol. The molecule has 19 heavy (non-hydrogen) atoms. The van der Waals surface area contributed by atoms with Crippen LogP contribution in [0.3, 0.4) is 0 Å². The van der Waals surface area contributed by atoms with Gasteiger partial charge in [0, 0.05) is 13.2 Å². The molecule has 0 bridgehead atoms. The first kappa shape index (κ1) is 13.1. The van der Waals surface area contributed by atoms with E-state index in [4.69, 9.17) is 4.74 Å². The van der Waals surface area contributed by atoms with Crippen LogP contribution in [0.2, 0.25) is 0 Å². The lowest BCUT2D eigenvalue weighted by Crippen LogP contribution is -2.42. The van der Waals surface area contributed by atoms with Crippen molar-refractivity contribution in [2.24, 2.45) is 5.41 Å². The lowest BCUT2D eigenvalue weighted by Gasteiger charge is -2.40. The summed E-state index contributed by atoms with van der Waals surface area (Å²) in [5, 5.41) is 9.72. The molecule has 2 aliphatic heterocycles. The summed E-state index contributed by atoms with van der Waals surface area (Å²) in [5.41, 5.74) is 1.50. The van der Waals surface area contributed by atoms with Gasteiger partial charge in [-0.05, 0) is 43.3 Å².